The SMILES string of the molecule is CN1C(=O)Cc2cc(C(N)C3(CO)COC3)ccc21. The number of hydrogen-bond acceptors (Lipinski definition) is 4. The molecule has 0 saturated carbocycles. The van der Waals surface area contributed by atoms with E-state index in [0.717, 1.165) is 16.8 Å². The zero-order valence-corrected chi connectivity index (χ0v) is 10.9. The first-order chi connectivity index (χ1) is 9.07. The normalized spacial score (nSPS) is 22.1. The van der Waals surface area contributed by atoms with Crippen LogP contribution in [-0.2, 0) is 16.0 Å². The molecule has 102 valence electrons. The van der Waals surface area contributed by atoms with Crippen LogP contribution < -0.4 is 10.6 Å². The molecule has 0 spiro atoms. The van der Waals surface area contributed by atoms with Crippen molar-refractivity contribution in [3.63, 3.8) is 0 Å². The van der Waals surface area contributed by atoms with Crippen LogP contribution in [0.1, 0.15) is 17.2 Å². The predicted molar refractivity (Wildman–Crippen MR) is 70.8 cm³/mol. The molecule has 0 bridgehead atoms. The lowest BCUT2D eigenvalue weighted by atomic mass is 9.76. The summed E-state index contributed by atoms with van der Waals surface area (Å²) in [4.78, 5) is 13.3. The molecule has 0 aromatic heterocycles. The second-order valence-electron chi connectivity index (χ2n) is 5.51. The van der Waals surface area contributed by atoms with Crippen LogP contribution >= 0.6 is 0 Å². The Hall–Kier alpha value is -1.43. The number of aliphatic hydroxyl groups is 1. The van der Waals surface area contributed by atoms with E-state index in [4.69, 9.17) is 10.5 Å². The minimum atomic E-state index is -0.372. The Morgan fingerprint density at radius 3 is 2.84 bits per heavy atom. The number of nitrogens with zero attached hydrogens (tertiary/aromatic N) is 1. The fraction of sp³-hybridized carbons (Fsp3) is 0.500. The predicted octanol–water partition coefficient (Wildman–Crippen LogP) is 0.214. The molecule has 1 saturated heterocycles. The van der Waals surface area contributed by atoms with Crippen LogP contribution in [0.15, 0.2) is 18.2 Å². The maximum atomic E-state index is 11.7. The number of carbonyl (C=O) groups is 1. The minimum Gasteiger partial charge on any atom is -0.396 e. The molecular weight excluding hydrogens is 244 g/mol. The summed E-state index contributed by atoms with van der Waals surface area (Å²) in [5, 5.41) is 9.52. The van der Waals surface area contributed by atoms with Gasteiger partial charge in [-0.1, -0.05) is 12.1 Å². The number of anilines is 1. The molecule has 1 aromatic carbocycles. The molecule has 2 aliphatic heterocycles. The van der Waals surface area contributed by atoms with E-state index >= 15 is 0 Å². The maximum Gasteiger partial charge on any atom is 0.231 e. The molecule has 1 aromatic rings. The van der Waals surface area contributed by atoms with Crippen molar-refractivity contribution in [1.82, 2.24) is 0 Å². The molecule has 5 nitrogen and oxygen atoms in total. The Labute approximate surface area is 112 Å². The van der Waals surface area contributed by atoms with Gasteiger partial charge < -0.3 is 20.5 Å². The van der Waals surface area contributed by atoms with Gasteiger partial charge in [0.05, 0.1) is 31.7 Å². The molecule has 1 unspecified atom stereocenters. The number of benzene rings is 1. The third kappa shape index (κ3) is 1.77. The van der Waals surface area contributed by atoms with Gasteiger partial charge in [0.15, 0.2) is 0 Å². The van der Waals surface area contributed by atoms with E-state index in [1.54, 1.807) is 11.9 Å². The van der Waals surface area contributed by atoms with Crippen molar-refractivity contribution in [2.24, 2.45) is 11.1 Å². The molecule has 2 heterocycles. The molecule has 1 amide bonds. The van der Waals surface area contributed by atoms with Gasteiger partial charge in [0.2, 0.25) is 5.91 Å². The van der Waals surface area contributed by atoms with E-state index in [2.05, 4.69) is 0 Å². The van der Waals surface area contributed by atoms with Crippen LogP contribution in [-0.4, -0.2) is 37.9 Å². The number of fused-ring (bicyclic) bond motifs is 1. The third-order valence-corrected chi connectivity index (χ3v) is 4.29. The van der Waals surface area contributed by atoms with Crippen molar-refractivity contribution in [2.45, 2.75) is 12.5 Å². The zero-order chi connectivity index (χ0) is 13.6. The lowest BCUT2D eigenvalue weighted by Crippen LogP contribution is -2.52. The summed E-state index contributed by atoms with van der Waals surface area (Å²) >= 11 is 0. The lowest BCUT2D eigenvalue weighted by molar-refractivity contribution is -0.150. The summed E-state index contributed by atoms with van der Waals surface area (Å²) in [6.07, 6.45) is 0.426. The first-order valence-corrected chi connectivity index (χ1v) is 6.41. The van der Waals surface area contributed by atoms with Gasteiger partial charge in [0.1, 0.15) is 0 Å². The standard InChI is InChI=1S/C14H18N2O3/c1-16-11-3-2-9(4-10(11)5-12(16)18)13(15)14(6-17)7-19-8-14/h2-4,13,17H,5-8,15H2,1H3. The highest BCUT2D eigenvalue weighted by Crippen LogP contribution is 2.40. The average Bonchev–Trinajstić information content (AvgIpc) is 2.64. The molecule has 1 atom stereocenters. The van der Waals surface area contributed by atoms with Gasteiger partial charge in [-0.15, -0.1) is 0 Å². The second-order valence-corrected chi connectivity index (χ2v) is 5.51. The molecule has 3 N–H and O–H groups in total. The van der Waals surface area contributed by atoms with Crippen LogP contribution in [0.5, 0.6) is 0 Å². The van der Waals surface area contributed by atoms with Crippen molar-refractivity contribution in [2.75, 3.05) is 31.8 Å². The highest BCUT2D eigenvalue weighted by atomic mass is 16.5. The smallest absolute Gasteiger partial charge is 0.231 e. The number of aliphatic hydroxyl groups excluding tert-OH is 1. The van der Waals surface area contributed by atoms with Gasteiger partial charge >= 0.3 is 0 Å². The van der Waals surface area contributed by atoms with Gasteiger partial charge in [0.25, 0.3) is 0 Å². The van der Waals surface area contributed by atoms with Gasteiger partial charge in [0, 0.05) is 18.8 Å². The van der Waals surface area contributed by atoms with E-state index < -0.39 is 0 Å². The fourth-order valence-electron chi connectivity index (χ4n) is 2.77. The molecule has 2 aliphatic rings. The van der Waals surface area contributed by atoms with Crippen LogP contribution in [0, 0.1) is 5.41 Å². The summed E-state index contributed by atoms with van der Waals surface area (Å²) in [6.45, 7) is 0.991. The number of ether oxygens (including phenoxy) is 1. The molecule has 0 aliphatic carbocycles. The summed E-state index contributed by atoms with van der Waals surface area (Å²) in [5.41, 5.74) is 8.81. The zero-order valence-electron chi connectivity index (χ0n) is 10.9. The molecule has 3 rings (SSSR count). The van der Waals surface area contributed by atoms with E-state index in [0.29, 0.717) is 19.6 Å². The average molecular weight is 262 g/mol. The monoisotopic (exact) mass is 262 g/mol. The van der Waals surface area contributed by atoms with E-state index in [1.807, 2.05) is 18.2 Å². The van der Waals surface area contributed by atoms with Crippen LogP contribution in [0.2, 0.25) is 0 Å². The first-order valence-electron chi connectivity index (χ1n) is 6.41. The van der Waals surface area contributed by atoms with Crippen LogP contribution in [0.25, 0.3) is 0 Å². The van der Waals surface area contributed by atoms with Crippen molar-refractivity contribution in [3.05, 3.63) is 29.3 Å². The number of nitrogens with two attached hydrogens (primary N) is 1. The number of amides is 1. The van der Waals surface area contributed by atoms with Crippen molar-refractivity contribution >= 4 is 11.6 Å². The lowest BCUT2D eigenvalue weighted by Gasteiger charge is -2.44. The Morgan fingerprint density at radius 2 is 2.26 bits per heavy atom. The molecular formula is C14H18N2O3. The topological polar surface area (TPSA) is 75.8 Å². The largest absolute Gasteiger partial charge is 0.396 e. The Morgan fingerprint density at radius 1 is 1.53 bits per heavy atom. The van der Waals surface area contributed by atoms with Crippen molar-refractivity contribution in [3.8, 4) is 0 Å². The summed E-state index contributed by atoms with van der Waals surface area (Å²) in [7, 11) is 1.78. The quantitative estimate of drug-likeness (QED) is 0.816. The van der Waals surface area contributed by atoms with Crippen molar-refractivity contribution < 1.29 is 14.6 Å². The van der Waals surface area contributed by atoms with Gasteiger partial charge in [-0.25, -0.2) is 0 Å². The second kappa shape index (κ2) is 4.30. The number of rotatable bonds is 3. The van der Waals surface area contributed by atoms with Gasteiger partial charge in [-0.3, -0.25) is 4.79 Å². The Balaban J connectivity index is 1.91. The number of carbonyl (C=O) groups excluding carboxylic acids is 1. The summed E-state index contributed by atoms with van der Waals surface area (Å²) in [5.74, 6) is 0.101. The van der Waals surface area contributed by atoms with Crippen LogP contribution in [0.4, 0.5) is 5.69 Å². The molecule has 5 heteroatoms. The Bertz CT molecular complexity index is 520. The third-order valence-electron chi connectivity index (χ3n) is 4.29. The molecule has 1 fully saturated rings. The minimum absolute atomic E-state index is 0.0179. The van der Waals surface area contributed by atoms with Gasteiger partial charge in [-0.2, -0.15) is 0 Å². The summed E-state index contributed by atoms with van der Waals surface area (Å²) < 4.78 is 5.20. The Kier molecular flexibility index (Phi) is 2.85. The molecule has 0 radical (unpaired) electrons. The number of likely N-dealkylation sites (N-methyl/N-ethyl adjacent to an activating group) is 1. The van der Waals surface area contributed by atoms with Crippen molar-refractivity contribution in [1.29, 1.82) is 0 Å². The number of hydrogen-bond donors (Lipinski definition) is 2. The highest BCUT2D eigenvalue weighted by Gasteiger charge is 2.44. The van der Waals surface area contributed by atoms with E-state index in [9.17, 15) is 9.90 Å². The van der Waals surface area contributed by atoms with E-state index in [-0.39, 0.29) is 24.0 Å². The fourth-order valence-corrected chi connectivity index (χ4v) is 2.77. The maximum absolute atomic E-state index is 11.7. The van der Waals surface area contributed by atoms with Crippen LogP contribution in [0.3, 0.4) is 0 Å². The molecule has 19 heavy (non-hydrogen) atoms. The van der Waals surface area contributed by atoms with E-state index in [1.165, 1.54) is 0 Å². The summed E-state index contributed by atoms with van der Waals surface area (Å²) in [6, 6.07) is 5.59. The highest BCUT2D eigenvalue weighted by molar-refractivity contribution is 6.00. The first kappa shape index (κ1) is 12.6. The van der Waals surface area contributed by atoms with Gasteiger partial charge in [-0.05, 0) is 17.2 Å².